The van der Waals surface area contributed by atoms with E-state index in [0.717, 1.165) is 12.7 Å². The highest BCUT2D eigenvalue weighted by atomic mass is 32.1. The van der Waals surface area contributed by atoms with Gasteiger partial charge in [0.15, 0.2) is 0 Å². The smallest absolute Gasteiger partial charge is 0.135 e. The zero-order chi connectivity index (χ0) is 13.6. The SMILES string of the molecule is C=CC(=CC)C(C)(CC)c1cc2c(s1)C2(C)C=O. The largest absolute Gasteiger partial charge is 0.302 e. The zero-order valence-corrected chi connectivity index (χ0v) is 12.4. The minimum atomic E-state index is -0.271. The zero-order valence-electron chi connectivity index (χ0n) is 11.5. The molecule has 2 unspecified atom stereocenters. The van der Waals surface area contributed by atoms with Crippen molar-refractivity contribution in [3.8, 4) is 0 Å². The van der Waals surface area contributed by atoms with Crippen LogP contribution in [-0.2, 0) is 15.6 Å². The van der Waals surface area contributed by atoms with Crippen LogP contribution in [-0.4, -0.2) is 6.29 Å². The predicted molar refractivity (Wildman–Crippen MR) is 78.4 cm³/mol. The van der Waals surface area contributed by atoms with Gasteiger partial charge in [0.2, 0.25) is 0 Å². The van der Waals surface area contributed by atoms with Crippen molar-refractivity contribution in [1.82, 2.24) is 0 Å². The summed E-state index contributed by atoms with van der Waals surface area (Å²) in [6.07, 6.45) is 6.18. The summed E-state index contributed by atoms with van der Waals surface area (Å²) in [5.41, 5.74) is 2.24. The number of rotatable bonds is 5. The van der Waals surface area contributed by atoms with Crippen LogP contribution in [0.1, 0.15) is 49.4 Å². The summed E-state index contributed by atoms with van der Waals surface area (Å²) in [5, 5.41) is 0. The molecule has 0 N–H and O–H groups in total. The second-order valence-electron chi connectivity index (χ2n) is 5.31. The number of allylic oxidation sites excluding steroid dienone is 3. The Kier molecular flexibility index (Phi) is 3.10. The molecule has 1 nitrogen and oxygen atoms in total. The lowest BCUT2D eigenvalue weighted by Gasteiger charge is -2.29. The number of carbonyl (C=O) groups excluding carboxylic acids is 1. The molecule has 0 spiro atoms. The quantitative estimate of drug-likeness (QED) is 0.567. The molecule has 0 bridgehead atoms. The summed E-state index contributed by atoms with van der Waals surface area (Å²) in [6.45, 7) is 12.4. The first-order chi connectivity index (χ1) is 8.47. The fraction of sp³-hybridized carbons (Fsp3) is 0.438. The molecule has 0 saturated heterocycles. The number of aldehydes is 1. The Morgan fingerprint density at radius 3 is 2.61 bits per heavy atom. The Hall–Kier alpha value is -1.15. The van der Waals surface area contributed by atoms with E-state index in [1.807, 2.05) is 13.0 Å². The third-order valence-electron chi connectivity index (χ3n) is 4.36. The van der Waals surface area contributed by atoms with Crippen LogP contribution in [0.2, 0.25) is 0 Å². The minimum Gasteiger partial charge on any atom is -0.302 e. The van der Waals surface area contributed by atoms with Crippen molar-refractivity contribution < 1.29 is 4.79 Å². The lowest BCUT2D eigenvalue weighted by atomic mass is 9.78. The normalized spacial score (nSPS) is 25.2. The van der Waals surface area contributed by atoms with Crippen molar-refractivity contribution in [3.63, 3.8) is 0 Å². The average molecular weight is 260 g/mol. The van der Waals surface area contributed by atoms with Crippen molar-refractivity contribution in [3.05, 3.63) is 45.7 Å². The second-order valence-corrected chi connectivity index (χ2v) is 6.36. The fourth-order valence-electron chi connectivity index (χ4n) is 2.60. The molecule has 1 aliphatic carbocycles. The molecule has 0 saturated carbocycles. The molecule has 0 aliphatic heterocycles. The van der Waals surface area contributed by atoms with Crippen molar-refractivity contribution >= 4 is 17.6 Å². The summed E-state index contributed by atoms with van der Waals surface area (Å²) in [7, 11) is 0. The van der Waals surface area contributed by atoms with Gasteiger partial charge in [-0.05, 0) is 37.5 Å². The lowest BCUT2D eigenvalue weighted by Crippen LogP contribution is -2.22. The Morgan fingerprint density at radius 2 is 2.28 bits per heavy atom. The second kappa shape index (κ2) is 4.20. The van der Waals surface area contributed by atoms with Gasteiger partial charge < -0.3 is 4.79 Å². The summed E-state index contributed by atoms with van der Waals surface area (Å²) in [6, 6.07) is 2.21. The maximum absolute atomic E-state index is 11.1. The van der Waals surface area contributed by atoms with Gasteiger partial charge in [-0.2, -0.15) is 0 Å². The van der Waals surface area contributed by atoms with Gasteiger partial charge in [0.05, 0.1) is 5.41 Å². The maximum Gasteiger partial charge on any atom is 0.135 e. The number of hydrogen-bond donors (Lipinski definition) is 0. The van der Waals surface area contributed by atoms with Crippen molar-refractivity contribution in [2.45, 2.75) is 44.9 Å². The molecule has 1 aromatic heterocycles. The van der Waals surface area contributed by atoms with Gasteiger partial charge in [-0.3, -0.25) is 0 Å². The van der Waals surface area contributed by atoms with Gasteiger partial charge >= 0.3 is 0 Å². The summed E-state index contributed by atoms with van der Waals surface area (Å²) in [4.78, 5) is 13.7. The standard InChI is InChI=1S/C16H20OS/c1-6-11(7-2)15(4,8-3)13-9-12-14(18-13)16(12,5)10-17/h6-7,9-10H,1,8H2,2-5H3. The molecule has 18 heavy (non-hydrogen) atoms. The lowest BCUT2D eigenvalue weighted by molar-refractivity contribution is -0.109. The molecule has 2 atom stereocenters. The van der Waals surface area contributed by atoms with Gasteiger partial charge in [0.25, 0.3) is 0 Å². The van der Waals surface area contributed by atoms with Crippen LogP contribution in [0.5, 0.6) is 0 Å². The van der Waals surface area contributed by atoms with Gasteiger partial charge in [0, 0.05) is 15.2 Å². The third kappa shape index (κ3) is 1.55. The topological polar surface area (TPSA) is 17.1 Å². The van der Waals surface area contributed by atoms with E-state index in [-0.39, 0.29) is 10.8 Å². The van der Waals surface area contributed by atoms with E-state index in [1.165, 1.54) is 20.9 Å². The number of fused-ring (bicyclic) bond motifs is 1. The van der Waals surface area contributed by atoms with E-state index in [2.05, 4.69) is 39.5 Å². The molecular formula is C16H20OS. The van der Waals surface area contributed by atoms with Crippen LogP contribution in [0, 0.1) is 0 Å². The summed E-state index contributed by atoms with van der Waals surface area (Å²) in [5.74, 6) is 0. The molecule has 1 aliphatic rings. The van der Waals surface area contributed by atoms with Crippen LogP contribution >= 0.6 is 11.3 Å². The van der Waals surface area contributed by atoms with Gasteiger partial charge in [0.1, 0.15) is 6.29 Å². The molecule has 1 aromatic rings. The maximum atomic E-state index is 11.1. The van der Waals surface area contributed by atoms with Gasteiger partial charge in [-0.1, -0.05) is 32.6 Å². The van der Waals surface area contributed by atoms with Crippen molar-refractivity contribution in [2.24, 2.45) is 0 Å². The van der Waals surface area contributed by atoms with E-state index in [4.69, 9.17) is 0 Å². The van der Waals surface area contributed by atoms with E-state index in [1.54, 1.807) is 11.3 Å². The van der Waals surface area contributed by atoms with Crippen LogP contribution in [0.25, 0.3) is 0 Å². The van der Waals surface area contributed by atoms with E-state index < -0.39 is 0 Å². The average Bonchev–Trinajstić information content (AvgIpc) is 2.78. The van der Waals surface area contributed by atoms with E-state index in [9.17, 15) is 4.79 Å². The van der Waals surface area contributed by atoms with E-state index in [0.29, 0.717) is 0 Å². The monoisotopic (exact) mass is 260 g/mol. The summed E-state index contributed by atoms with van der Waals surface area (Å²) >= 11 is 1.78. The van der Waals surface area contributed by atoms with Gasteiger partial charge in [-0.25, -0.2) is 0 Å². The molecule has 1 heterocycles. The van der Waals surface area contributed by atoms with E-state index >= 15 is 0 Å². The first-order valence-electron chi connectivity index (χ1n) is 6.38. The van der Waals surface area contributed by atoms with Crippen LogP contribution in [0.3, 0.4) is 0 Å². The highest BCUT2D eigenvalue weighted by Gasteiger charge is 2.50. The molecule has 96 valence electrons. The molecule has 2 rings (SSSR count). The Morgan fingerprint density at radius 1 is 1.61 bits per heavy atom. The molecule has 0 radical (unpaired) electrons. The molecule has 0 aromatic carbocycles. The number of carbonyl (C=O) groups is 1. The molecular weight excluding hydrogens is 240 g/mol. The van der Waals surface area contributed by atoms with Crippen LogP contribution < -0.4 is 0 Å². The Balaban J connectivity index is 2.41. The highest BCUT2D eigenvalue weighted by molar-refractivity contribution is 7.13. The van der Waals surface area contributed by atoms with Crippen LogP contribution in [0.15, 0.2) is 30.4 Å². The van der Waals surface area contributed by atoms with Crippen LogP contribution in [0.4, 0.5) is 0 Å². The minimum absolute atomic E-state index is 0.0262. The fourth-order valence-corrected chi connectivity index (χ4v) is 4.19. The first kappa shape index (κ1) is 13.3. The molecule has 0 fully saturated rings. The third-order valence-corrected chi connectivity index (χ3v) is 5.99. The van der Waals surface area contributed by atoms with Gasteiger partial charge in [-0.15, -0.1) is 11.3 Å². The predicted octanol–water partition coefficient (Wildman–Crippen LogP) is 4.37. The Bertz CT molecular complexity index is 514. The first-order valence-corrected chi connectivity index (χ1v) is 7.20. The highest BCUT2D eigenvalue weighted by Crippen LogP contribution is 2.56. The molecule has 2 heteroatoms. The van der Waals surface area contributed by atoms with Crippen molar-refractivity contribution in [2.75, 3.05) is 0 Å². The number of hydrogen-bond acceptors (Lipinski definition) is 2. The summed E-state index contributed by atoms with van der Waals surface area (Å²) < 4.78 is 0. The number of thiophene rings is 1. The Labute approximate surface area is 113 Å². The van der Waals surface area contributed by atoms with Crippen molar-refractivity contribution in [1.29, 1.82) is 0 Å². The molecule has 0 amide bonds.